The summed E-state index contributed by atoms with van der Waals surface area (Å²) in [5.74, 6) is 0. The third-order valence-electron chi connectivity index (χ3n) is 4.34. The Morgan fingerprint density at radius 1 is 1.26 bits per heavy atom. The molecule has 3 N–H and O–H groups in total. The average molecular weight is 257 g/mol. The lowest BCUT2D eigenvalue weighted by atomic mass is 9.78. The Balaban J connectivity index is 2.17. The first kappa shape index (κ1) is 12.2. The summed E-state index contributed by atoms with van der Waals surface area (Å²) in [5, 5.41) is 0. The molecule has 1 aliphatic rings. The number of nitrogens with two attached hydrogens (primary N) is 1. The lowest BCUT2D eigenvalue weighted by Gasteiger charge is -2.30. The van der Waals surface area contributed by atoms with Gasteiger partial charge in [-0.2, -0.15) is 0 Å². The molecule has 0 radical (unpaired) electrons. The van der Waals surface area contributed by atoms with Crippen molar-refractivity contribution in [3.05, 3.63) is 52.7 Å². The summed E-state index contributed by atoms with van der Waals surface area (Å²) in [6, 6.07) is 8.12. The van der Waals surface area contributed by atoms with Crippen LogP contribution in [-0.2, 0) is 5.41 Å². The van der Waals surface area contributed by atoms with Gasteiger partial charge in [-0.15, -0.1) is 0 Å². The number of aromatic nitrogens is 2. The van der Waals surface area contributed by atoms with Crippen molar-refractivity contribution < 1.29 is 0 Å². The van der Waals surface area contributed by atoms with Crippen LogP contribution in [0.4, 0.5) is 0 Å². The van der Waals surface area contributed by atoms with E-state index in [-0.39, 0.29) is 11.1 Å². The summed E-state index contributed by atoms with van der Waals surface area (Å²) < 4.78 is 1.67. The van der Waals surface area contributed by atoms with Crippen LogP contribution in [0.5, 0.6) is 0 Å². The number of nitrogens with zero attached hydrogens (tertiary/aromatic N) is 1. The van der Waals surface area contributed by atoms with Gasteiger partial charge in [0.1, 0.15) is 0 Å². The first-order chi connectivity index (χ1) is 9.27. The van der Waals surface area contributed by atoms with Crippen LogP contribution in [0.25, 0.3) is 5.69 Å². The minimum atomic E-state index is -0.0994. The van der Waals surface area contributed by atoms with Gasteiger partial charge < -0.3 is 10.7 Å². The molecular weight excluding hydrogens is 238 g/mol. The van der Waals surface area contributed by atoms with E-state index in [1.165, 1.54) is 18.4 Å². The number of imidazole rings is 1. The second-order valence-corrected chi connectivity index (χ2v) is 5.34. The maximum atomic E-state index is 11.9. The van der Waals surface area contributed by atoms with E-state index in [4.69, 9.17) is 5.73 Å². The summed E-state index contributed by atoms with van der Waals surface area (Å²) in [6.07, 6.45) is 8.10. The van der Waals surface area contributed by atoms with Gasteiger partial charge in [-0.1, -0.05) is 31.0 Å². The fraction of sp³-hybridized carbons (Fsp3) is 0.400. The van der Waals surface area contributed by atoms with Gasteiger partial charge in [0, 0.05) is 24.4 Å². The minimum absolute atomic E-state index is 0.0350. The van der Waals surface area contributed by atoms with E-state index in [1.807, 2.05) is 18.2 Å². The molecule has 100 valence electrons. The molecule has 1 aromatic carbocycles. The van der Waals surface area contributed by atoms with Crippen LogP contribution in [-0.4, -0.2) is 16.1 Å². The molecule has 0 atom stereocenters. The van der Waals surface area contributed by atoms with Gasteiger partial charge in [0.15, 0.2) is 0 Å². The predicted octanol–water partition coefficient (Wildman–Crippen LogP) is 1.94. The normalized spacial score (nSPS) is 17.7. The van der Waals surface area contributed by atoms with Crippen LogP contribution in [0, 0.1) is 0 Å². The molecule has 3 rings (SSSR count). The van der Waals surface area contributed by atoms with Gasteiger partial charge in [0.25, 0.3) is 0 Å². The highest BCUT2D eigenvalue weighted by Gasteiger charge is 2.36. The molecule has 1 aromatic heterocycles. The number of H-pyrrole nitrogens is 1. The van der Waals surface area contributed by atoms with Gasteiger partial charge in [0.05, 0.1) is 5.69 Å². The highest BCUT2D eigenvalue weighted by Crippen LogP contribution is 2.42. The second-order valence-electron chi connectivity index (χ2n) is 5.34. The summed E-state index contributed by atoms with van der Waals surface area (Å²) in [5.41, 5.74) is 8.17. The number of aromatic amines is 1. The zero-order valence-electron chi connectivity index (χ0n) is 10.9. The SMILES string of the molecule is NCC1(c2ccccc2-n2cc[nH]c2=O)CCCC1. The molecule has 0 bridgehead atoms. The molecule has 0 amide bonds. The number of hydrogen-bond acceptors (Lipinski definition) is 2. The molecule has 0 spiro atoms. The van der Waals surface area contributed by atoms with Crippen molar-refractivity contribution in [3.8, 4) is 5.69 Å². The third kappa shape index (κ3) is 1.92. The molecule has 4 nitrogen and oxygen atoms in total. The van der Waals surface area contributed by atoms with E-state index in [0.29, 0.717) is 6.54 Å². The Bertz CT molecular complexity index is 620. The maximum absolute atomic E-state index is 11.9. The van der Waals surface area contributed by atoms with E-state index in [9.17, 15) is 4.79 Å². The molecule has 1 aliphatic carbocycles. The quantitative estimate of drug-likeness (QED) is 0.882. The molecule has 19 heavy (non-hydrogen) atoms. The highest BCUT2D eigenvalue weighted by atomic mass is 16.1. The zero-order chi connectivity index (χ0) is 13.3. The fourth-order valence-electron chi connectivity index (χ4n) is 3.28. The molecule has 4 heteroatoms. The predicted molar refractivity (Wildman–Crippen MR) is 75.6 cm³/mol. The van der Waals surface area contributed by atoms with Crippen molar-refractivity contribution in [1.29, 1.82) is 0 Å². The van der Waals surface area contributed by atoms with Gasteiger partial charge in [0.2, 0.25) is 0 Å². The number of hydrogen-bond donors (Lipinski definition) is 2. The summed E-state index contributed by atoms with van der Waals surface area (Å²) in [6.45, 7) is 0.642. The maximum Gasteiger partial charge on any atom is 0.330 e. The Hall–Kier alpha value is -1.81. The Morgan fingerprint density at radius 3 is 2.63 bits per heavy atom. The summed E-state index contributed by atoms with van der Waals surface area (Å²) in [4.78, 5) is 14.5. The van der Waals surface area contributed by atoms with Crippen LogP contribution in [0.2, 0.25) is 0 Å². The van der Waals surface area contributed by atoms with E-state index >= 15 is 0 Å². The molecule has 2 aromatic rings. The van der Waals surface area contributed by atoms with Gasteiger partial charge in [-0.05, 0) is 24.5 Å². The Kier molecular flexibility index (Phi) is 3.03. The average Bonchev–Trinajstić information content (AvgIpc) is 3.08. The highest BCUT2D eigenvalue weighted by molar-refractivity contribution is 5.46. The zero-order valence-corrected chi connectivity index (χ0v) is 10.9. The van der Waals surface area contributed by atoms with Crippen molar-refractivity contribution >= 4 is 0 Å². The van der Waals surface area contributed by atoms with Gasteiger partial charge in [-0.25, -0.2) is 4.79 Å². The van der Waals surface area contributed by atoms with Gasteiger partial charge >= 0.3 is 5.69 Å². The van der Waals surface area contributed by atoms with E-state index in [0.717, 1.165) is 18.5 Å². The fourth-order valence-corrected chi connectivity index (χ4v) is 3.28. The van der Waals surface area contributed by atoms with Crippen molar-refractivity contribution in [3.63, 3.8) is 0 Å². The lowest BCUT2D eigenvalue weighted by Crippen LogP contribution is -2.34. The lowest BCUT2D eigenvalue weighted by molar-refractivity contribution is 0.451. The molecule has 0 unspecified atom stereocenters. The number of benzene rings is 1. The van der Waals surface area contributed by atoms with Crippen molar-refractivity contribution in [2.75, 3.05) is 6.54 Å². The van der Waals surface area contributed by atoms with Crippen LogP contribution in [0.15, 0.2) is 41.5 Å². The van der Waals surface area contributed by atoms with E-state index in [1.54, 1.807) is 17.0 Å². The van der Waals surface area contributed by atoms with Crippen LogP contribution >= 0.6 is 0 Å². The summed E-state index contributed by atoms with van der Waals surface area (Å²) >= 11 is 0. The molecule has 1 heterocycles. The van der Waals surface area contributed by atoms with Crippen molar-refractivity contribution in [2.24, 2.45) is 5.73 Å². The van der Waals surface area contributed by atoms with Crippen molar-refractivity contribution in [2.45, 2.75) is 31.1 Å². The Morgan fingerprint density at radius 2 is 2.00 bits per heavy atom. The second kappa shape index (κ2) is 4.70. The molecule has 0 saturated heterocycles. The van der Waals surface area contributed by atoms with E-state index < -0.39 is 0 Å². The van der Waals surface area contributed by atoms with Crippen molar-refractivity contribution in [1.82, 2.24) is 9.55 Å². The topological polar surface area (TPSA) is 63.8 Å². The summed E-state index contributed by atoms with van der Waals surface area (Å²) in [7, 11) is 0. The number of rotatable bonds is 3. The number of nitrogens with one attached hydrogen (secondary N) is 1. The molecule has 1 saturated carbocycles. The minimum Gasteiger partial charge on any atom is -0.330 e. The van der Waals surface area contributed by atoms with Gasteiger partial charge in [-0.3, -0.25) is 4.57 Å². The van der Waals surface area contributed by atoms with Crippen LogP contribution < -0.4 is 11.4 Å². The number of para-hydroxylation sites is 1. The molecule has 1 fully saturated rings. The van der Waals surface area contributed by atoms with E-state index in [2.05, 4.69) is 11.1 Å². The van der Waals surface area contributed by atoms with Crippen LogP contribution in [0.1, 0.15) is 31.2 Å². The first-order valence-electron chi connectivity index (χ1n) is 6.83. The smallest absolute Gasteiger partial charge is 0.330 e. The molecule has 0 aliphatic heterocycles. The monoisotopic (exact) mass is 257 g/mol. The first-order valence-corrected chi connectivity index (χ1v) is 6.83. The van der Waals surface area contributed by atoms with Crippen LogP contribution in [0.3, 0.4) is 0 Å². The molecular formula is C15H19N3O. The largest absolute Gasteiger partial charge is 0.330 e. The Labute approximate surface area is 112 Å². The third-order valence-corrected chi connectivity index (χ3v) is 4.34. The standard InChI is InChI=1S/C15H19N3O/c16-11-15(7-3-4-8-15)12-5-1-2-6-13(12)18-10-9-17-14(18)19/h1-2,5-6,9-10H,3-4,7-8,11,16H2,(H,17,19).